The molecule has 0 bridgehead atoms. The standard InChI is InChI=1S/C18H15Cl2NO4/c19-14-5-1-12(2-6-14)10-21(17(23)9-16(22)18(24)25)11-13-3-7-15(20)8-4-13/h1-8H,9-11H2,(H,24,25). The van der Waals surface area contributed by atoms with Gasteiger partial charge in [0.15, 0.2) is 0 Å². The number of carbonyl (C=O) groups is 3. The molecule has 7 heteroatoms. The van der Waals surface area contributed by atoms with Crippen LogP contribution in [0.4, 0.5) is 0 Å². The van der Waals surface area contributed by atoms with Gasteiger partial charge in [-0.2, -0.15) is 0 Å². The van der Waals surface area contributed by atoms with Crippen LogP contribution < -0.4 is 0 Å². The Morgan fingerprint density at radius 3 is 1.56 bits per heavy atom. The van der Waals surface area contributed by atoms with Crippen molar-refractivity contribution in [1.29, 1.82) is 0 Å². The van der Waals surface area contributed by atoms with Gasteiger partial charge in [0, 0.05) is 23.1 Å². The average molecular weight is 380 g/mol. The van der Waals surface area contributed by atoms with Gasteiger partial charge in [0.05, 0.1) is 6.42 Å². The summed E-state index contributed by atoms with van der Waals surface area (Å²) in [5.74, 6) is -3.31. The number of rotatable bonds is 7. The van der Waals surface area contributed by atoms with Crippen LogP contribution >= 0.6 is 23.2 Å². The zero-order valence-corrected chi connectivity index (χ0v) is 14.6. The van der Waals surface area contributed by atoms with Gasteiger partial charge in [0.1, 0.15) is 0 Å². The first-order valence-corrected chi connectivity index (χ1v) is 8.13. The number of Topliss-reactive ketones (excluding diaryl/α,β-unsaturated/α-hetero) is 1. The van der Waals surface area contributed by atoms with Gasteiger partial charge in [-0.15, -0.1) is 0 Å². The number of carboxylic acid groups (broad SMARTS) is 1. The lowest BCUT2D eigenvalue weighted by molar-refractivity contribution is -0.151. The van der Waals surface area contributed by atoms with Gasteiger partial charge in [-0.1, -0.05) is 47.5 Å². The van der Waals surface area contributed by atoms with Crippen LogP contribution in [0.2, 0.25) is 10.0 Å². The molecule has 0 heterocycles. The highest BCUT2D eigenvalue weighted by Gasteiger charge is 2.22. The average Bonchev–Trinajstić information content (AvgIpc) is 2.58. The van der Waals surface area contributed by atoms with Crippen LogP contribution in [0.15, 0.2) is 48.5 Å². The van der Waals surface area contributed by atoms with Gasteiger partial charge in [-0.25, -0.2) is 4.79 Å². The maximum absolute atomic E-state index is 12.4. The quantitative estimate of drug-likeness (QED) is 0.589. The maximum atomic E-state index is 12.4. The van der Waals surface area contributed by atoms with E-state index in [2.05, 4.69) is 0 Å². The summed E-state index contributed by atoms with van der Waals surface area (Å²) in [7, 11) is 0. The third-order valence-electron chi connectivity index (χ3n) is 3.48. The van der Waals surface area contributed by atoms with Crippen molar-refractivity contribution >= 4 is 40.9 Å². The molecule has 0 aliphatic carbocycles. The number of benzene rings is 2. The predicted molar refractivity (Wildman–Crippen MR) is 94.4 cm³/mol. The van der Waals surface area contributed by atoms with Crippen molar-refractivity contribution in [2.75, 3.05) is 0 Å². The Balaban J connectivity index is 2.18. The molecule has 0 radical (unpaired) electrons. The fourth-order valence-corrected chi connectivity index (χ4v) is 2.43. The van der Waals surface area contributed by atoms with Crippen LogP contribution in [0, 0.1) is 0 Å². The first-order chi connectivity index (χ1) is 11.8. The molecule has 5 nitrogen and oxygen atoms in total. The molecular formula is C18H15Cl2NO4. The Morgan fingerprint density at radius 1 is 0.800 bits per heavy atom. The minimum atomic E-state index is -1.62. The number of nitrogens with zero attached hydrogens (tertiary/aromatic N) is 1. The van der Waals surface area contributed by atoms with Crippen LogP contribution in [-0.4, -0.2) is 27.7 Å². The van der Waals surface area contributed by atoms with Crippen molar-refractivity contribution in [2.45, 2.75) is 19.5 Å². The smallest absolute Gasteiger partial charge is 0.372 e. The van der Waals surface area contributed by atoms with E-state index in [0.717, 1.165) is 11.1 Å². The fourth-order valence-electron chi connectivity index (χ4n) is 2.18. The van der Waals surface area contributed by atoms with E-state index in [1.807, 2.05) is 0 Å². The highest BCUT2D eigenvalue weighted by Crippen LogP contribution is 2.16. The van der Waals surface area contributed by atoms with E-state index in [1.165, 1.54) is 4.90 Å². The van der Waals surface area contributed by atoms with Gasteiger partial charge in [0.25, 0.3) is 0 Å². The molecule has 0 unspecified atom stereocenters. The van der Waals surface area contributed by atoms with Crippen molar-refractivity contribution in [3.8, 4) is 0 Å². The summed E-state index contributed by atoms with van der Waals surface area (Å²) >= 11 is 11.7. The van der Waals surface area contributed by atoms with Crippen molar-refractivity contribution in [3.63, 3.8) is 0 Å². The topological polar surface area (TPSA) is 74.7 Å². The number of ketones is 1. The monoisotopic (exact) mass is 379 g/mol. The molecule has 1 N–H and O–H groups in total. The van der Waals surface area contributed by atoms with Crippen LogP contribution in [0.1, 0.15) is 17.5 Å². The summed E-state index contributed by atoms with van der Waals surface area (Å²) in [5, 5.41) is 9.84. The Morgan fingerprint density at radius 2 is 1.20 bits per heavy atom. The summed E-state index contributed by atoms with van der Waals surface area (Å²) in [5.41, 5.74) is 1.63. The van der Waals surface area contributed by atoms with Crippen molar-refractivity contribution in [2.24, 2.45) is 0 Å². The van der Waals surface area contributed by atoms with Crippen LogP contribution in [0.25, 0.3) is 0 Å². The fraction of sp³-hybridized carbons (Fsp3) is 0.167. The minimum Gasteiger partial charge on any atom is -0.475 e. The summed E-state index contributed by atoms with van der Waals surface area (Å²) in [4.78, 5) is 35.9. The largest absolute Gasteiger partial charge is 0.475 e. The van der Waals surface area contributed by atoms with Gasteiger partial charge in [-0.05, 0) is 35.4 Å². The van der Waals surface area contributed by atoms with E-state index < -0.39 is 24.1 Å². The van der Waals surface area contributed by atoms with E-state index in [9.17, 15) is 14.4 Å². The molecule has 0 aliphatic heterocycles. The molecule has 0 atom stereocenters. The summed E-state index contributed by atoms with van der Waals surface area (Å²) in [6, 6.07) is 13.9. The lowest BCUT2D eigenvalue weighted by atomic mass is 10.1. The number of amides is 1. The molecule has 0 saturated heterocycles. The Labute approximate surface area is 154 Å². The summed E-state index contributed by atoms with van der Waals surface area (Å²) < 4.78 is 0. The first-order valence-electron chi connectivity index (χ1n) is 7.38. The predicted octanol–water partition coefficient (Wildman–Crippen LogP) is 3.57. The third kappa shape index (κ3) is 5.89. The molecule has 0 fully saturated rings. The van der Waals surface area contributed by atoms with Crippen LogP contribution in [0.5, 0.6) is 0 Å². The van der Waals surface area contributed by atoms with Gasteiger partial charge >= 0.3 is 5.97 Å². The van der Waals surface area contributed by atoms with E-state index in [0.29, 0.717) is 10.0 Å². The maximum Gasteiger partial charge on any atom is 0.372 e. The van der Waals surface area contributed by atoms with Crippen molar-refractivity contribution < 1.29 is 19.5 Å². The number of hydrogen-bond acceptors (Lipinski definition) is 3. The molecule has 1 amide bonds. The molecule has 25 heavy (non-hydrogen) atoms. The lowest BCUT2D eigenvalue weighted by Gasteiger charge is -2.23. The molecule has 0 spiro atoms. The first kappa shape index (κ1) is 19.0. The normalized spacial score (nSPS) is 10.3. The third-order valence-corrected chi connectivity index (χ3v) is 3.98. The highest BCUT2D eigenvalue weighted by molar-refractivity contribution is 6.36. The highest BCUT2D eigenvalue weighted by atomic mass is 35.5. The zero-order chi connectivity index (χ0) is 18.4. The molecule has 2 rings (SSSR count). The number of aliphatic carboxylic acids is 1. The second-order valence-electron chi connectivity index (χ2n) is 5.41. The second-order valence-corrected chi connectivity index (χ2v) is 6.28. The molecule has 0 saturated carbocycles. The van der Waals surface area contributed by atoms with E-state index >= 15 is 0 Å². The minimum absolute atomic E-state index is 0.228. The Kier molecular flexibility index (Phi) is 6.56. The van der Waals surface area contributed by atoms with Crippen molar-refractivity contribution in [3.05, 3.63) is 69.7 Å². The van der Waals surface area contributed by atoms with Crippen molar-refractivity contribution in [1.82, 2.24) is 4.90 Å². The number of hydrogen-bond donors (Lipinski definition) is 1. The van der Waals surface area contributed by atoms with E-state index in [-0.39, 0.29) is 13.1 Å². The summed E-state index contributed by atoms with van der Waals surface area (Å²) in [6.45, 7) is 0.455. The molecule has 2 aromatic rings. The lowest BCUT2D eigenvalue weighted by Crippen LogP contribution is -2.33. The van der Waals surface area contributed by atoms with E-state index in [4.69, 9.17) is 28.3 Å². The van der Waals surface area contributed by atoms with Gasteiger partial charge < -0.3 is 10.0 Å². The van der Waals surface area contributed by atoms with Crippen LogP contribution in [-0.2, 0) is 27.5 Å². The number of carboxylic acids is 1. The summed E-state index contributed by atoms with van der Waals surface area (Å²) in [6.07, 6.45) is -0.684. The SMILES string of the molecule is O=C(O)C(=O)CC(=O)N(Cc1ccc(Cl)cc1)Cc1ccc(Cl)cc1. The Hall–Kier alpha value is -2.37. The molecular weight excluding hydrogens is 365 g/mol. The number of carbonyl (C=O) groups excluding carboxylic acids is 2. The van der Waals surface area contributed by atoms with Crippen LogP contribution in [0.3, 0.4) is 0 Å². The number of halogens is 2. The molecule has 2 aromatic carbocycles. The second kappa shape index (κ2) is 8.65. The zero-order valence-electron chi connectivity index (χ0n) is 13.1. The van der Waals surface area contributed by atoms with Gasteiger partial charge in [0.2, 0.25) is 11.7 Å². The van der Waals surface area contributed by atoms with Gasteiger partial charge in [-0.3, -0.25) is 9.59 Å². The molecule has 130 valence electrons. The van der Waals surface area contributed by atoms with E-state index in [1.54, 1.807) is 48.5 Å². The molecule has 0 aromatic heterocycles. The molecule has 0 aliphatic rings. The Bertz CT molecular complexity index is 725.